The standard InChI is InChI=1S/C20H15FN6O3S/c1-31(29,30)27-13-3-2-12-9-24-19(25-18(12)8-13)20(28)26-17-5-7-22-10-15(17)14-4-6-23-11-16(14)21/h2-11,27H,1H3,(H,22,26,28). The second kappa shape index (κ2) is 8.03. The number of benzene rings is 1. The van der Waals surface area contributed by atoms with Gasteiger partial charge in [-0.15, -0.1) is 0 Å². The molecule has 3 heterocycles. The van der Waals surface area contributed by atoms with Crippen molar-refractivity contribution in [2.45, 2.75) is 0 Å². The largest absolute Gasteiger partial charge is 0.319 e. The van der Waals surface area contributed by atoms with Gasteiger partial charge in [0, 0.05) is 41.3 Å². The van der Waals surface area contributed by atoms with Crippen molar-refractivity contribution in [2.24, 2.45) is 0 Å². The molecule has 0 aliphatic heterocycles. The SMILES string of the molecule is CS(=O)(=O)Nc1ccc2cnc(C(=O)Nc3ccncc3-c3ccncc3F)nc2c1. The van der Waals surface area contributed by atoms with E-state index in [0.717, 1.165) is 12.5 Å². The molecule has 1 aromatic carbocycles. The third-order valence-electron chi connectivity index (χ3n) is 4.22. The zero-order valence-corrected chi connectivity index (χ0v) is 16.9. The minimum Gasteiger partial charge on any atom is -0.319 e. The fourth-order valence-electron chi connectivity index (χ4n) is 2.90. The van der Waals surface area contributed by atoms with E-state index in [0.29, 0.717) is 27.8 Å². The number of carbonyl (C=O) groups excluding carboxylic acids is 1. The number of nitrogens with zero attached hydrogens (tertiary/aromatic N) is 4. The van der Waals surface area contributed by atoms with Gasteiger partial charge in [0.15, 0.2) is 0 Å². The van der Waals surface area contributed by atoms with Crippen molar-refractivity contribution in [2.75, 3.05) is 16.3 Å². The Bertz CT molecular complexity index is 1410. The first-order chi connectivity index (χ1) is 14.8. The number of hydrogen-bond donors (Lipinski definition) is 2. The molecule has 0 atom stereocenters. The van der Waals surface area contributed by atoms with Crippen molar-refractivity contribution in [3.63, 3.8) is 0 Å². The molecular weight excluding hydrogens is 423 g/mol. The summed E-state index contributed by atoms with van der Waals surface area (Å²) in [5, 5.41) is 3.29. The van der Waals surface area contributed by atoms with Gasteiger partial charge in [-0.3, -0.25) is 19.5 Å². The van der Waals surface area contributed by atoms with Crippen LogP contribution in [0.2, 0.25) is 0 Å². The van der Waals surface area contributed by atoms with Gasteiger partial charge in [0.2, 0.25) is 15.8 Å². The third-order valence-corrected chi connectivity index (χ3v) is 4.83. The van der Waals surface area contributed by atoms with Crippen LogP contribution in [-0.2, 0) is 10.0 Å². The second-order valence-corrected chi connectivity index (χ2v) is 8.32. The van der Waals surface area contributed by atoms with Crippen molar-refractivity contribution in [1.82, 2.24) is 19.9 Å². The number of hydrogen-bond acceptors (Lipinski definition) is 7. The van der Waals surface area contributed by atoms with Gasteiger partial charge in [-0.2, -0.15) is 0 Å². The lowest BCUT2D eigenvalue weighted by Crippen LogP contribution is -2.16. The second-order valence-electron chi connectivity index (χ2n) is 6.57. The molecule has 0 radical (unpaired) electrons. The molecule has 2 N–H and O–H groups in total. The van der Waals surface area contributed by atoms with Gasteiger partial charge >= 0.3 is 0 Å². The van der Waals surface area contributed by atoms with Crippen LogP contribution in [0.15, 0.2) is 61.3 Å². The molecule has 0 unspecified atom stereocenters. The average Bonchev–Trinajstić information content (AvgIpc) is 2.73. The molecule has 31 heavy (non-hydrogen) atoms. The molecule has 0 saturated carbocycles. The lowest BCUT2D eigenvalue weighted by molar-refractivity contribution is 0.101. The van der Waals surface area contributed by atoms with E-state index in [1.165, 1.54) is 43.0 Å². The first-order valence-electron chi connectivity index (χ1n) is 8.90. The van der Waals surface area contributed by atoms with E-state index >= 15 is 0 Å². The lowest BCUT2D eigenvalue weighted by Gasteiger charge is -2.11. The van der Waals surface area contributed by atoms with Crippen molar-refractivity contribution >= 4 is 38.2 Å². The van der Waals surface area contributed by atoms with Gasteiger partial charge < -0.3 is 5.32 Å². The molecule has 0 spiro atoms. The number of aromatic nitrogens is 4. The number of halogens is 1. The number of rotatable bonds is 5. The van der Waals surface area contributed by atoms with Gasteiger partial charge in [-0.25, -0.2) is 22.8 Å². The quantitative estimate of drug-likeness (QED) is 0.490. The zero-order chi connectivity index (χ0) is 22.0. The highest BCUT2D eigenvalue weighted by atomic mass is 32.2. The predicted octanol–water partition coefficient (Wildman–Crippen LogP) is 2.85. The van der Waals surface area contributed by atoms with E-state index in [1.54, 1.807) is 12.1 Å². The van der Waals surface area contributed by atoms with Crippen LogP contribution in [-0.4, -0.2) is 40.5 Å². The third kappa shape index (κ3) is 4.61. The van der Waals surface area contributed by atoms with Gasteiger partial charge in [-0.1, -0.05) is 0 Å². The van der Waals surface area contributed by atoms with Crippen molar-refractivity contribution in [3.05, 3.63) is 73.0 Å². The molecule has 0 fully saturated rings. The summed E-state index contributed by atoms with van der Waals surface area (Å²) in [5.74, 6) is -1.31. The van der Waals surface area contributed by atoms with Crippen molar-refractivity contribution in [1.29, 1.82) is 0 Å². The summed E-state index contributed by atoms with van der Waals surface area (Å²) in [5.41, 5.74) is 1.61. The Morgan fingerprint density at radius 3 is 2.55 bits per heavy atom. The smallest absolute Gasteiger partial charge is 0.293 e. The normalized spacial score (nSPS) is 11.3. The Hall–Kier alpha value is -3.99. The van der Waals surface area contributed by atoms with Crippen LogP contribution in [0, 0.1) is 5.82 Å². The molecule has 0 aliphatic carbocycles. The number of nitrogens with one attached hydrogen (secondary N) is 2. The van der Waals surface area contributed by atoms with E-state index in [1.807, 2.05) is 0 Å². The molecule has 3 aromatic heterocycles. The summed E-state index contributed by atoms with van der Waals surface area (Å²) >= 11 is 0. The number of anilines is 2. The van der Waals surface area contributed by atoms with Crippen molar-refractivity contribution < 1.29 is 17.6 Å². The Kier molecular flexibility index (Phi) is 5.26. The molecule has 9 nitrogen and oxygen atoms in total. The van der Waals surface area contributed by atoms with E-state index in [-0.39, 0.29) is 11.4 Å². The van der Waals surface area contributed by atoms with Gasteiger partial charge in [0.25, 0.3) is 5.91 Å². The monoisotopic (exact) mass is 438 g/mol. The molecule has 0 bridgehead atoms. The van der Waals surface area contributed by atoms with E-state index < -0.39 is 21.7 Å². The summed E-state index contributed by atoms with van der Waals surface area (Å²) in [6, 6.07) is 7.71. The van der Waals surface area contributed by atoms with Crippen LogP contribution in [0.5, 0.6) is 0 Å². The Labute approximate surface area is 176 Å². The lowest BCUT2D eigenvalue weighted by atomic mass is 10.1. The minimum absolute atomic E-state index is 0.137. The van der Waals surface area contributed by atoms with Crippen LogP contribution in [0.3, 0.4) is 0 Å². The first kappa shape index (κ1) is 20.3. The maximum atomic E-state index is 14.2. The van der Waals surface area contributed by atoms with Crippen LogP contribution in [0.4, 0.5) is 15.8 Å². The molecule has 11 heteroatoms. The first-order valence-corrected chi connectivity index (χ1v) is 10.8. The summed E-state index contributed by atoms with van der Waals surface area (Å²) in [6.07, 6.45) is 7.89. The van der Waals surface area contributed by atoms with Crippen LogP contribution in [0.1, 0.15) is 10.6 Å². The van der Waals surface area contributed by atoms with Crippen molar-refractivity contribution in [3.8, 4) is 11.1 Å². The summed E-state index contributed by atoms with van der Waals surface area (Å²) in [6.45, 7) is 0. The van der Waals surface area contributed by atoms with Crippen LogP contribution < -0.4 is 10.0 Å². The molecule has 0 aliphatic rings. The maximum absolute atomic E-state index is 14.2. The fraction of sp³-hybridized carbons (Fsp3) is 0.0500. The predicted molar refractivity (Wildman–Crippen MR) is 113 cm³/mol. The zero-order valence-electron chi connectivity index (χ0n) is 16.1. The molecule has 0 saturated heterocycles. The topological polar surface area (TPSA) is 127 Å². The summed E-state index contributed by atoms with van der Waals surface area (Å²) in [7, 11) is -3.46. The highest BCUT2D eigenvalue weighted by Gasteiger charge is 2.16. The van der Waals surface area contributed by atoms with Gasteiger partial charge in [-0.05, 0) is 30.3 Å². The summed E-state index contributed by atoms with van der Waals surface area (Å²) < 4.78 is 39.4. The minimum atomic E-state index is -3.46. The molecule has 4 aromatic rings. The number of pyridine rings is 2. The van der Waals surface area contributed by atoms with Crippen LogP contribution >= 0.6 is 0 Å². The molecule has 4 rings (SSSR count). The number of amides is 1. The van der Waals surface area contributed by atoms with E-state index in [4.69, 9.17) is 0 Å². The Morgan fingerprint density at radius 1 is 1.00 bits per heavy atom. The highest BCUT2D eigenvalue weighted by Crippen LogP contribution is 2.29. The summed E-state index contributed by atoms with van der Waals surface area (Å²) in [4.78, 5) is 28.8. The van der Waals surface area contributed by atoms with E-state index in [2.05, 4.69) is 30.0 Å². The number of carbonyl (C=O) groups is 1. The molecule has 1 amide bonds. The van der Waals surface area contributed by atoms with Gasteiger partial charge in [0.05, 0.1) is 29.3 Å². The van der Waals surface area contributed by atoms with Crippen LogP contribution in [0.25, 0.3) is 22.0 Å². The van der Waals surface area contributed by atoms with Gasteiger partial charge in [0.1, 0.15) is 5.82 Å². The maximum Gasteiger partial charge on any atom is 0.293 e. The van der Waals surface area contributed by atoms with E-state index in [9.17, 15) is 17.6 Å². The Morgan fingerprint density at radius 2 is 1.77 bits per heavy atom. The average molecular weight is 438 g/mol. The molecule has 156 valence electrons. The Balaban J connectivity index is 1.66. The fourth-order valence-corrected chi connectivity index (χ4v) is 3.46. The number of fused-ring (bicyclic) bond motifs is 1. The number of sulfonamides is 1. The highest BCUT2D eigenvalue weighted by molar-refractivity contribution is 7.92. The molecular formula is C20H15FN6O3S.